The molecule has 0 saturated carbocycles. The number of carboxylic acid groups (broad SMARTS) is 3. The Labute approximate surface area is 377 Å². The summed E-state index contributed by atoms with van der Waals surface area (Å²) in [5, 5.41) is 93.9. The molecule has 12 N–H and O–H groups in total. The van der Waals surface area contributed by atoms with E-state index in [-0.39, 0.29) is 56.3 Å². The van der Waals surface area contributed by atoms with Crippen LogP contribution < -0.4 is 32.5 Å². The zero-order chi connectivity index (χ0) is 46.3. The first-order valence-electron chi connectivity index (χ1n) is 22.8. The van der Waals surface area contributed by atoms with E-state index in [4.69, 9.17) is 17.2 Å². The number of unbranched alkanes of at least 4 members (excludes halogenated alkanes) is 18. The van der Waals surface area contributed by atoms with Crippen molar-refractivity contribution in [2.24, 2.45) is 17.2 Å². The molecule has 0 amide bonds. The summed E-state index contributed by atoms with van der Waals surface area (Å²) in [7, 11) is 0. The van der Waals surface area contributed by atoms with Crippen molar-refractivity contribution in [3.05, 3.63) is 0 Å². The number of hydrogen-bond acceptors (Lipinski definition) is 18. The van der Waals surface area contributed by atoms with Crippen LogP contribution in [0.2, 0.25) is 0 Å². The molecule has 0 aliphatic carbocycles. The molecule has 0 aliphatic heterocycles. The molecule has 3 atom stereocenters. The third-order valence-electron chi connectivity index (χ3n) is 10.4. The number of hydrogen-bond donors (Lipinski definition) is 9. The summed E-state index contributed by atoms with van der Waals surface area (Å²) in [6, 6.07) is 0. The molecule has 0 spiro atoms. The van der Waals surface area contributed by atoms with E-state index >= 15 is 0 Å². The van der Waals surface area contributed by atoms with E-state index < -0.39 is 35.1 Å². The predicted molar refractivity (Wildman–Crippen MR) is 230 cm³/mol. The third-order valence-corrected chi connectivity index (χ3v) is 10.4. The second-order valence-corrected chi connectivity index (χ2v) is 15.7. The van der Waals surface area contributed by atoms with Crippen LogP contribution in [0.25, 0.3) is 0 Å². The van der Waals surface area contributed by atoms with Gasteiger partial charge in [-0.05, 0) is 96.7 Å². The summed E-state index contributed by atoms with van der Waals surface area (Å²) in [6.45, 7) is 8.05. The van der Waals surface area contributed by atoms with Gasteiger partial charge >= 0.3 is 17.4 Å². The van der Waals surface area contributed by atoms with Crippen molar-refractivity contribution >= 4 is 35.3 Å². The SMILES string of the molecule is CCCCCCCCN(O)[C@@](O)(CCCCN)C(=O)[O-].CCCCCCCCN(O)[C@@](O)(CCCCN)C(=O)[O-].CCCCCCCCN(O)[C@@](O)(CCCCN)C(=O)[O-].[Al+3]. The normalized spacial score (nSPS) is 14.2. The Hall–Kier alpha value is -1.54. The maximum atomic E-state index is 11.0. The van der Waals surface area contributed by atoms with Crippen molar-refractivity contribution in [2.75, 3.05) is 39.3 Å². The number of aliphatic hydroxyl groups is 3. The number of rotatable bonds is 39. The molecule has 19 heteroatoms. The Morgan fingerprint density at radius 3 is 0.770 bits per heavy atom. The topological polar surface area (TPSA) is 330 Å². The van der Waals surface area contributed by atoms with Gasteiger partial charge in [0.1, 0.15) is 0 Å². The van der Waals surface area contributed by atoms with Gasteiger partial charge in [0.25, 0.3) is 0 Å². The number of nitrogens with zero attached hydrogens (tertiary/aromatic N) is 3. The largest absolute Gasteiger partial charge is 3.00 e. The molecule has 0 unspecified atom stereocenters. The van der Waals surface area contributed by atoms with Crippen molar-refractivity contribution in [3.63, 3.8) is 0 Å². The molecule has 0 saturated heterocycles. The molecular formula is C42H87AlN6O12. The summed E-state index contributed by atoms with van der Waals surface area (Å²) >= 11 is 0. The van der Waals surface area contributed by atoms with Gasteiger partial charge in [0.15, 0.2) is 17.2 Å². The fourth-order valence-corrected chi connectivity index (χ4v) is 6.24. The summed E-state index contributed by atoms with van der Waals surface area (Å²) in [5.74, 6) is -4.99. The van der Waals surface area contributed by atoms with Gasteiger partial charge < -0.3 is 77.8 Å². The Balaban J connectivity index is -0.000000396. The minimum atomic E-state index is -2.31. The Morgan fingerprint density at radius 2 is 0.590 bits per heavy atom. The molecule has 61 heavy (non-hydrogen) atoms. The molecule has 0 aliphatic rings. The average Bonchev–Trinajstić information content (AvgIpc) is 3.21. The van der Waals surface area contributed by atoms with Gasteiger partial charge in [-0.25, -0.2) is 0 Å². The van der Waals surface area contributed by atoms with Gasteiger partial charge in [-0.1, -0.05) is 117 Å². The standard InChI is InChI=1S/3C14H30N2O4.Al/c3*1-2-3-4-5-6-9-12-16(20)14(19,13(17)18)10-7-8-11-15;/h3*19-20H,2-12,15H2,1H3,(H,17,18);/q;;;+3/p-3/t3*14-;/m111./s1. The van der Waals surface area contributed by atoms with Crippen molar-refractivity contribution in [2.45, 2.75) is 211 Å². The van der Waals surface area contributed by atoms with Crippen molar-refractivity contribution in [3.8, 4) is 0 Å². The third kappa shape index (κ3) is 31.9. The molecule has 0 aromatic heterocycles. The van der Waals surface area contributed by atoms with Crippen LogP contribution in [0.15, 0.2) is 0 Å². The first kappa shape index (κ1) is 66.1. The van der Waals surface area contributed by atoms with Gasteiger partial charge in [-0.3, -0.25) is 0 Å². The first-order valence-corrected chi connectivity index (χ1v) is 22.8. The van der Waals surface area contributed by atoms with E-state index in [0.29, 0.717) is 92.6 Å². The number of aliphatic carboxylic acids is 3. The van der Waals surface area contributed by atoms with Crippen LogP contribution in [-0.4, -0.2) is 138 Å². The van der Waals surface area contributed by atoms with E-state index in [9.17, 15) is 60.6 Å². The monoisotopic (exact) mass is 895 g/mol. The van der Waals surface area contributed by atoms with E-state index in [1.807, 2.05) is 0 Å². The van der Waals surface area contributed by atoms with E-state index in [2.05, 4.69) is 20.8 Å². The molecule has 0 radical (unpaired) electrons. The zero-order valence-electron chi connectivity index (χ0n) is 38.1. The number of carbonyl (C=O) groups excluding carboxylic acids is 3. The summed E-state index contributed by atoms with van der Waals surface area (Å²) < 4.78 is 0. The molecule has 18 nitrogen and oxygen atoms in total. The summed E-state index contributed by atoms with van der Waals surface area (Å²) in [4.78, 5) is 33.1. The van der Waals surface area contributed by atoms with Crippen LogP contribution in [0.4, 0.5) is 0 Å². The van der Waals surface area contributed by atoms with Gasteiger partial charge in [0.2, 0.25) is 0 Å². The molecule has 0 rings (SSSR count). The Kier molecular flexibility index (Phi) is 45.9. The maximum absolute atomic E-state index is 11.0. The maximum Gasteiger partial charge on any atom is 3.00 e. The van der Waals surface area contributed by atoms with Crippen LogP contribution in [0.1, 0.15) is 194 Å². The van der Waals surface area contributed by atoms with Gasteiger partial charge in [0, 0.05) is 19.6 Å². The van der Waals surface area contributed by atoms with Crippen LogP contribution in [0.5, 0.6) is 0 Å². The van der Waals surface area contributed by atoms with E-state index in [1.54, 1.807) is 0 Å². The van der Waals surface area contributed by atoms with Crippen LogP contribution in [-0.2, 0) is 14.4 Å². The van der Waals surface area contributed by atoms with Crippen molar-refractivity contribution in [1.29, 1.82) is 0 Å². The number of carboxylic acids is 3. The van der Waals surface area contributed by atoms with Crippen LogP contribution in [0.3, 0.4) is 0 Å². The smallest absolute Gasteiger partial charge is 0.545 e. The van der Waals surface area contributed by atoms with Crippen LogP contribution in [0, 0.1) is 0 Å². The van der Waals surface area contributed by atoms with Gasteiger partial charge in [-0.2, -0.15) is 15.2 Å². The Bertz CT molecular complexity index is 922. The minimum Gasteiger partial charge on any atom is -0.545 e. The Morgan fingerprint density at radius 1 is 0.393 bits per heavy atom. The molecule has 0 aromatic carbocycles. The molecular weight excluding hydrogens is 807 g/mol. The molecule has 360 valence electrons. The molecule has 0 bridgehead atoms. The van der Waals surface area contributed by atoms with Crippen molar-refractivity contribution in [1.82, 2.24) is 15.2 Å². The minimum absolute atomic E-state index is 0. The number of carbonyl (C=O) groups is 3. The quantitative estimate of drug-likeness (QED) is 0.0182. The second kappa shape index (κ2) is 42.4. The molecule has 0 fully saturated rings. The number of hydroxylamine groups is 6. The molecule has 0 aromatic rings. The fraction of sp³-hybridized carbons (Fsp3) is 0.929. The fourth-order valence-electron chi connectivity index (χ4n) is 6.24. The molecule has 0 heterocycles. The van der Waals surface area contributed by atoms with Crippen molar-refractivity contribution < 1.29 is 60.6 Å². The average molecular weight is 895 g/mol. The number of nitrogens with two attached hydrogens (primary N) is 3. The van der Waals surface area contributed by atoms with E-state index in [1.165, 1.54) is 19.3 Å². The van der Waals surface area contributed by atoms with Gasteiger partial charge in [-0.15, -0.1) is 0 Å². The first-order chi connectivity index (χ1) is 28.5. The van der Waals surface area contributed by atoms with Crippen LogP contribution >= 0.6 is 0 Å². The zero-order valence-corrected chi connectivity index (χ0v) is 39.3. The second-order valence-electron chi connectivity index (χ2n) is 15.7. The summed E-state index contributed by atoms with van der Waals surface area (Å²) in [6.07, 6.45) is 21.1. The van der Waals surface area contributed by atoms with Gasteiger partial charge in [0.05, 0.1) is 17.9 Å². The predicted octanol–water partition coefficient (Wildman–Crippen LogP) is 1.44. The van der Waals surface area contributed by atoms with E-state index in [0.717, 1.165) is 77.0 Å². The summed E-state index contributed by atoms with van der Waals surface area (Å²) in [5.41, 5.74) is 9.06.